The fraction of sp³-hybridized carbons (Fsp3) is 0.368. The van der Waals surface area contributed by atoms with Gasteiger partial charge in [-0.05, 0) is 35.9 Å². The summed E-state index contributed by atoms with van der Waals surface area (Å²) in [6, 6.07) is 7.81. The number of benzene rings is 1. The van der Waals surface area contributed by atoms with Crippen molar-refractivity contribution in [2.45, 2.75) is 10.8 Å². The van der Waals surface area contributed by atoms with E-state index in [2.05, 4.69) is 0 Å². The Kier molecular flexibility index (Phi) is 6.19. The van der Waals surface area contributed by atoms with Crippen LogP contribution in [0.25, 0.3) is 0 Å². The van der Waals surface area contributed by atoms with Gasteiger partial charge in [0.25, 0.3) is 5.91 Å². The highest BCUT2D eigenvalue weighted by Crippen LogP contribution is 2.33. The van der Waals surface area contributed by atoms with Gasteiger partial charge >= 0.3 is 6.09 Å². The number of rotatable bonds is 4. The van der Waals surface area contributed by atoms with Gasteiger partial charge < -0.3 is 14.5 Å². The maximum Gasteiger partial charge on any atom is 0.410 e. The van der Waals surface area contributed by atoms with E-state index in [9.17, 15) is 18.0 Å². The molecule has 166 valence electrons. The second-order valence-corrected chi connectivity index (χ2v) is 11.4. The van der Waals surface area contributed by atoms with Gasteiger partial charge in [-0.3, -0.25) is 4.79 Å². The van der Waals surface area contributed by atoms with Gasteiger partial charge in [-0.15, -0.1) is 11.3 Å². The molecule has 2 saturated heterocycles. The molecule has 0 bridgehead atoms. The van der Waals surface area contributed by atoms with E-state index in [1.165, 1.54) is 12.1 Å². The summed E-state index contributed by atoms with van der Waals surface area (Å²) < 4.78 is 28.2. The van der Waals surface area contributed by atoms with Gasteiger partial charge in [0.05, 0.1) is 4.88 Å². The third kappa shape index (κ3) is 4.98. The largest absolute Gasteiger partial charge is 0.445 e. The lowest BCUT2D eigenvalue weighted by atomic mass is 10.0. The van der Waals surface area contributed by atoms with Crippen molar-refractivity contribution >= 4 is 56.6 Å². The fourth-order valence-electron chi connectivity index (χ4n) is 3.98. The number of halogens is 2. The summed E-state index contributed by atoms with van der Waals surface area (Å²) in [4.78, 5) is 28.8. The van der Waals surface area contributed by atoms with Crippen LogP contribution in [-0.2, 0) is 21.4 Å². The van der Waals surface area contributed by atoms with Crippen molar-refractivity contribution in [2.24, 2.45) is 17.0 Å². The standard InChI is InChI=1S/C19H19Cl2N3O5S2/c20-14-3-11(4-15(21)5-14)10-29-19(26)24-8-12-6-23(7-13(12)9-24)18(25)16-1-2-17(30-16)31(22,27)28/h1-5,12-13H,6-10H2,(H2,22,27,28)/t12-,13-/m0/s1. The van der Waals surface area contributed by atoms with Gasteiger partial charge in [0.15, 0.2) is 0 Å². The number of primary sulfonamides is 1. The van der Waals surface area contributed by atoms with Crippen LogP contribution in [0.5, 0.6) is 0 Å². The highest BCUT2D eigenvalue weighted by Gasteiger charge is 2.43. The number of amides is 2. The van der Waals surface area contributed by atoms with Gasteiger partial charge in [-0.2, -0.15) is 0 Å². The van der Waals surface area contributed by atoms with Crippen LogP contribution < -0.4 is 5.14 Å². The molecule has 2 N–H and O–H groups in total. The molecule has 2 aromatic rings. The number of nitrogens with two attached hydrogens (primary N) is 1. The van der Waals surface area contributed by atoms with Crippen LogP contribution in [0, 0.1) is 11.8 Å². The van der Waals surface area contributed by atoms with E-state index in [-0.39, 0.29) is 28.6 Å². The lowest BCUT2D eigenvalue weighted by Crippen LogP contribution is -2.35. The Morgan fingerprint density at radius 3 is 2.16 bits per heavy atom. The zero-order valence-corrected chi connectivity index (χ0v) is 19.3. The smallest absolute Gasteiger partial charge is 0.410 e. The summed E-state index contributed by atoms with van der Waals surface area (Å²) >= 11 is 12.8. The van der Waals surface area contributed by atoms with Crippen molar-refractivity contribution in [1.82, 2.24) is 9.80 Å². The van der Waals surface area contributed by atoms with Crippen molar-refractivity contribution in [2.75, 3.05) is 26.2 Å². The minimum Gasteiger partial charge on any atom is -0.445 e. The minimum absolute atomic E-state index is 0.0369. The van der Waals surface area contributed by atoms with E-state index >= 15 is 0 Å². The van der Waals surface area contributed by atoms with Crippen LogP contribution in [0.2, 0.25) is 10.0 Å². The monoisotopic (exact) mass is 503 g/mol. The van der Waals surface area contributed by atoms with E-state index in [1.54, 1.807) is 28.0 Å². The molecule has 31 heavy (non-hydrogen) atoms. The van der Waals surface area contributed by atoms with E-state index < -0.39 is 16.1 Å². The molecule has 0 saturated carbocycles. The molecule has 0 radical (unpaired) electrons. The molecule has 0 aliphatic carbocycles. The SMILES string of the molecule is NS(=O)(=O)c1ccc(C(=O)N2C[C@H]3CN(C(=O)OCc4cc(Cl)cc(Cl)c4)C[C@@H]3C2)s1. The van der Waals surface area contributed by atoms with Crippen molar-refractivity contribution in [3.8, 4) is 0 Å². The van der Waals surface area contributed by atoms with Crippen LogP contribution in [0.4, 0.5) is 4.79 Å². The molecule has 2 aliphatic rings. The molecular weight excluding hydrogens is 485 g/mol. The first-order valence-electron chi connectivity index (χ1n) is 9.39. The van der Waals surface area contributed by atoms with Crippen LogP contribution in [0.15, 0.2) is 34.5 Å². The summed E-state index contributed by atoms with van der Waals surface area (Å²) in [6.07, 6.45) is -0.417. The van der Waals surface area contributed by atoms with Crippen LogP contribution >= 0.6 is 34.5 Å². The average Bonchev–Trinajstić information content (AvgIpc) is 3.38. The van der Waals surface area contributed by atoms with E-state index in [1.807, 2.05) is 0 Å². The number of ether oxygens (including phenoxy) is 1. The molecule has 0 unspecified atom stereocenters. The van der Waals surface area contributed by atoms with Gasteiger partial charge in [-0.1, -0.05) is 23.2 Å². The molecule has 1 aromatic heterocycles. The van der Waals surface area contributed by atoms with Gasteiger partial charge in [0.2, 0.25) is 10.0 Å². The van der Waals surface area contributed by atoms with Crippen molar-refractivity contribution in [3.63, 3.8) is 0 Å². The zero-order valence-electron chi connectivity index (χ0n) is 16.2. The molecule has 8 nitrogen and oxygen atoms in total. The lowest BCUT2D eigenvalue weighted by Gasteiger charge is -2.21. The van der Waals surface area contributed by atoms with Crippen molar-refractivity contribution in [1.29, 1.82) is 0 Å². The molecule has 2 fully saturated rings. The Hall–Kier alpha value is -1.85. The molecule has 2 amide bonds. The minimum atomic E-state index is -3.83. The Bertz CT molecular complexity index is 1100. The van der Waals surface area contributed by atoms with Crippen LogP contribution in [0.1, 0.15) is 15.2 Å². The van der Waals surface area contributed by atoms with Crippen molar-refractivity contribution < 1.29 is 22.7 Å². The predicted molar refractivity (Wildman–Crippen MR) is 117 cm³/mol. The van der Waals surface area contributed by atoms with Crippen LogP contribution in [-0.4, -0.2) is 56.4 Å². The van der Waals surface area contributed by atoms with Gasteiger partial charge in [-0.25, -0.2) is 18.4 Å². The normalized spacial score (nSPS) is 20.7. The highest BCUT2D eigenvalue weighted by molar-refractivity contribution is 7.91. The Morgan fingerprint density at radius 1 is 1.03 bits per heavy atom. The maximum absolute atomic E-state index is 12.7. The molecular formula is C19H19Cl2N3O5S2. The van der Waals surface area contributed by atoms with E-state index in [4.69, 9.17) is 33.1 Å². The molecule has 0 spiro atoms. The second-order valence-electron chi connectivity index (χ2n) is 7.63. The number of carbonyl (C=O) groups is 2. The number of likely N-dealkylation sites (tertiary alicyclic amines) is 2. The number of hydrogen-bond acceptors (Lipinski definition) is 6. The Labute approximate surface area is 193 Å². The first kappa shape index (κ1) is 22.3. The number of thiophene rings is 1. The van der Waals surface area contributed by atoms with E-state index in [0.717, 1.165) is 11.3 Å². The highest BCUT2D eigenvalue weighted by atomic mass is 35.5. The topological polar surface area (TPSA) is 110 Å². The van der Waals surface area contributed by atoms with Gasteiger partial charge in [0.1, 0.15) is 10.8 Å². The fourth-order valence-corrected chi connectivity index (χ4v) is 6.25. The first-order chi connectivity index (χ1) is 14.6. The van der Waals surface area contributed by atoms with Gasteiger partial charge in [0, 0.05) is 48.1 Å². The molecule has 2 atom stereocenters. The number of fused-ring (bicyclic) bond motifs is 1. The quantitative estimate of drug-likeness (QED) is 0.689. The number of sulfonamides is 1. The van der Waals surface area contributed by atoms with E-state index in [0.29, 0.717) is 46.7 Å². The summed E-state index contributed by atoms with van der Waals surface area (Å²) in [5.41, 5.74) is 0.705. The molecule has 3 heterocycles. The Morgan fingerprint density at radius 2 is 1.61 bits per heavy atom. The molecule has 4 rings (SSSR count). The average molecular weight is 504 g/mol. The first-order valence-corrected chi connectivity index (χ1v) is 12.5. The molecule has 1 aromatic carbocycles. The van der Waals surface area contributed by atoms with Crippen LogP contribution in [0.3, 0.4) is 0 Å². The number of hydrogen-bond donors (Lipinski definition) is 1. The van der Waals surface area contributed by atoms with Crippen molar-refractivity contribution in [3.05, 3.63) is 50.8 Å². The third-order valence-corrected chi connectivity index (χ3v) is 8.34. The summed E-state index contributed by atoms with van der Waals surface area (Å²) in [7, 11) is -3.83. The number of nitrogens with zero attached hydrogens (tertiary/aromatic N) is 2. The molecule has 2 aliphatic heterocycles. The maximum atomic E-state index is 12.7. The molecule has 12 heteroatoms. The summed E-state index contributed by atoms with van der Waals surface area (Å²) in [5, 5.41) is 6.06. The summed E-state index contributed by atoms with van der Waals surface area (Å²) in [6.45, 7) is 2.06. The predicted octanol–water partition coefficient (Wildman–Crippen LogP) is 3.04. The lowest BCUT2D eigenvalue weighted by molar-refractivity contribution is 0.0769. The third-order valence-electron chi connectivity index (χ3n) is 5.39. The summed E-state index contributed by atoms with van der Waals surface area (Å²) in [5.74, 6) is 0.0748. The Balaban J connectivity index is 1.31. The zero-order chi connectivity index (χ0) is 22.3. The second kappa shape index (κ2) is 8.59. The number of carbonyl (C=O) groups excluding carboxylic acids is 2.